The van der Waals surface area contributed by atoms with E-state index in [0.29, 0.717) is 5.02 Å². The highest BCUT2D eigenvalue weighted by molar-refractivity contribution is 6.30. The number of hydrogen-bond donors (Lipinski definition) is 0. The lowest BCUT2D eigenvalue weighted by atomic mass is 9.94. The molecule has 1 heterocycles. The number of halogens is 1. The van der Waals surface area contributed by atoms with Gasteiger partial charge in [0.05, 0.1) is 6.04 Å². The van der Waals surface area contributed by atoms with Crippen molar-refractivity contribution < 1.29 is 4.79 Å². The quantitative estimate of drug-likeness (QED) is 0.762. The first-order chi connectivity index (χ1) is 8.39. The van der Waals surface area contributed by atoms with Crippen molar-refractivity contribution in [2.24, 2.45) is 10.5 Å². The first-order valence-electron chi connectivity index (χ1n) is 6.01. The summed E-state index contributed by atoms with van der Waals surface area (Å²) >= 11 is 6.00. The SMILES string of the molecule is CC(C)(C)C(=O)N1N=CC[C@H]1c1cccc(Cl)c1. The van der Waals surface area contributed by atoms with Gasteiger partial charge in [-0.25, -0.2) is 5.01 Å². The number of rotatable bonds is 1. The van der Waals surface area contributed by atoms with Crippen molar-refractivity contribution in [2.75, 3.05) is 0 Å². The molecule has 1 aromatic carbocycles. The standard InChI is InChI=1S/C14H17ClN2O/c1-14(2,3)13(18)17-12(7-8-16-17)10-5-4-6-11(15)9-10/h4-6,8-9,12H,7H2,1-3H3/t12-/m0/s1. The van der Waals surface area contributed by atoms with E-state index in [1.54, 1.807) is 11.2 Å². The van der Waals surface area contributed by atoms with Crippen LogP contribution < -0.4 is 0 Å². The summed E-state index contributed by atoms with van der Waals surface area (Å²) in [5.41, 5.74) is 0.594. The third-order valence-corrected chi connectivity index (χ3v) is 3.15. The molecule has 1 aliphatic rings. The van der Waals surface area contributed by atoms with Gasteiger partial charge in [-0.2, -0.15) is 5.10 Å². The molecule has 0 saturated heterocycles. The molecule has 0 bridgehead atoms. The van der Waals surface area contributed by atoms with Crippen molar-refractivity contribution in [1.82, 2.24) is 5.01 Å². The summed E-state index contributed by atoms with van der Waals surface area (Å²) in [6.07, 6.45) is 2.53. The summed E-state index contributed by atoms with van der Waals surface area (Å²) in [5, 5.41) is 6.46. The van der Waals surface area contributed by atoms with Crippen LogP contribution in [0.4, 0.5) is 0 Å². The zero-order chi connectivity index (χ0) is 13.3. The molecule has 0 fully saturated rings. The highest BCUT2D eigenvalue weighted by Gasteiger charge is 2.34. The topological polar surface area (TPSA) is 32.7 Å². The largest absolute Gasteiger partial charge is 0.272 e. The molecule has 0 N–H and O–H groups in total. The fourth-order valence-corrected chi connectivity index (χ4v) is 2.14. The number of hydrazone groups is 1. The normalized spacial score (nSPS) is 19.3. The van der Waals surface area contributed by atoms with Crippen LogP contribution in [-0.4, -0.2) is 17.1 Å². The molecule has 0 saturated carbocycles. The molecule has 0 spiro atoms. The maximum absolute atomic E-state index is 12.3. The first kappa shape index (κ1) is 13.1. The average molecular weight is 265 g/mol. The van der Waals surface area contributed by atoms with Crippen molar-refractivity contribution in [2.45, 2.75) is 33.2 Å². The lowest BCUT2D eigenvalue weighted by Gasteiger charge is -2.28. The lowest BCUT2D eigenvalue weighted by Crippen LogP contribution is -2.36. The molecular formula is C14H17ClN2O. The van der Waals surface area contributed by atoms with Crippen molar-refractivity contribution in [3.63, 3.8) is 0 Å². The van der Waals surface area contributed by atoms with Crippen LogP contribution in [0.15, 0.2) is 29.4 Å². The first-order valence-corrected chi connectivity index (χ1v) is 6.39. The van der Waals surface area contributed by atoms with Crippen molar-refractivity contribution in [1.29, 1.82) is 0 Å². The fraction of sp³-hybridized carbons (Fsp3) is 0.429. The van der Waals surface area contributed by atoms with Crippen LogP contribution in [0, 0.1) is 5.41 Å². The Bertz CT molecular complexity index is 491. The highest BCUT2D eigenvalue weighted by Crippen LogP contribution is 2.33. The summed E-state index contributed by atoms with van der Waals surface area (Å²) in [7, 11) is 0. The van der Waals surface area contributed by atoms with Crippen LogP contribution in [0.5, 0.6) is 0 Å². The van der Waals surface area contributed by atoms with Crippen LogP contribution >= 0.6 is 11.6 Å². The van der Waals surface area contributed by atoms with Crippen LogP contribution in [0.2, 0.25) is 5.02 Å². The van der Waals surface area contributed by atoms with Crippen molar-refractivity contribution in [3.05, 3.63) is 34.9 Å². The van der Waals surface area contributed by atoms with E-state index in [2.05, 4.69) is 5.10 Å². The molecule has 0 unspecified atom stereocenters. The summed E-state index contributed by atoms with van der Waals surface area (Å²) in [5.74, 6) is 0.0289. The fourth-order valence-electron chi connectivity index (χ4n) is 1.94. The molecule has 3 nitrogen and oxygen atoms in total. The molecule has 18 heavy (non-hydrogen) atoms. The summed E-state index contributed by atoms with van der Waals surface area (Å²) < 4.78 is 0. The molecule has 1 atom stereocenters. The van der Waals surface area contributed by atoms with Gasteiger partial charge >= 0.3 is 0 Å². The van der Waals surface area contributed by atoms with Crippen molar-refractivity contribution >= 4 is 23.7 Å². The molecule has 2 rings (SSSR count). The Kier molecular flexibility index (Phi) is 3.44. The van der Waals surface area contributed by atoms with Crippen molar-refractivity contribution in [3.8, 4) is 0 Å². The average Bonchev–Trinajstić information content (AvgIpc) is 2.75. The van der Waals surface area contributed by atoms with E-state index in [4.69, 9.17) is 11.6 Å². The zero-order valence-electron chi connectivity index (χ0n) is 10.9. The van der Waals surface area contributed by atoms with Gasteiger partial charge in [-0.1, -0.05) is 44.5 Å². The number of hydrogen-bond acceptors (Lipinski definition) is 2. The molecule has 1 amide bonds. The minimum absolute atomic E-state index is 0.0289. The van der Waals surface area contributed by atoms with E-state index in [0.717, 1.165) is 12.0 Å². The maximum Gasteiger partial charge on any atom is 0.248 e. The molecule has 1 aliphatic heterocycles. The summed E-state index contributed by atoms with van der Waals surface area (Å²) in [4.78, 5) is 12.3. The molecule has 0 aliphatic carbocycles. The van der Waals surface area contributed by atoms with Gasteiger partial charge in [0.25, 0.3) is 0 Å². The van der Waals surface area contributed by atoms with E-state index in [1.807, 2.05) is 45.0 Å². The monoisotopic (exact) mass is 264 g/mol. The Labute approximate surface area is 112 Å². The number of amides is 1. The number of benzene rings is 1. The molecular weight excluding hydrogens is 248 g/mol. The lowest BCUT2D eigenvalue weighted by molar-refractivity contribution is -0.141. The minimum Gasteiger partial charge on any atom is -0.272 e. The van der Waals surface area contributed by atoms with Gasteiger partial charge in [0, 0.05) is 23.1 Å². The minimum atomic E-state index is -0.432. The van der Waals surface area contributed by atoms with Gasteiger partial charge in [-0.15, -0.1) is 0 Å². The predicted octanol–water partition coefficient (Wildman–Crippen LogP) is 3.65. The van der Waals surface area contributed by atoms with Crippen LogP contribution in [0.25, 0.3) is 0 Å². The molecule has 4 heteroatoms. The molecule has 1 aromatic rings. The third-order valence-electron chi connectivity index (χ3n) is 2.91. The van der Waals surface area contributed by atoms with E-state index >= 15 is 0 Å². The Hall–Kier alpha value is -1.35. The predicted molar refractivity (Wildman–Crippen MR) is 73.6 cm³/mol. The molecule has 0 aromatic heterocycles. The van der Waals surface area contributed by atoms with Gasteiger partial charge in [0.1, 0.15) is 0 Å². The Balaban J connectivity index is 2.27. The Morgan fingerprint density at radius 3 is 2.78 bits per heavy atom. The summed E-state index contributed by atoms with van der Waals surface area (Å²) in [6, 6.07) is 7.57. The second kappa shape index (κ2) is 4.73. The third kappa shape index (κ3) is 2.56. The van der Waals surface area contributed by atoms with E-state index in [1.165, 1.54) is 0 Å². The maximum atomic E-state index is 12.3. The number of nitrogens with zero attached hydrogens (tertiary/aromatic N) is 2. The Morgan fingerprint density at radius 1 is 1.44 bits per heavy atom. The smallest absolute Gasteiger partial charge is 0.248 e. The van der Waals surface area contributed by atoms with Gasteiger partial charge in [0.15, 0.2) is 0 Å². The number of carbonyl (C=O) groups excluding carboxylic acids is 1. The molecule has 0 radical (unpaired) electrons. The van der Waals surface area contributed by atoms with E-state index < -0.39 is 5.41 Å². The second-order valence-corrected chi connectivity index (χ2v) is 5.94. The molecule has 96 valence electrons. The van der Waals surface area contributed by atoms with E-state index in [-0.39, 0.29) is 11.9 Å². The van der Waals surface area contributed by atoms with Gasteiger partial charge in [-0.05, 0) is 17.7 Å². The van der Waals surface area contributed by atoms with E-state index in [9.17, 15) is 4.79 Å². The van der Waals surface area contributed by atoms with Crippen LogP contribution in [-0.2, 0) is 4.79 Å². The number of carbonyl (C=O) groups is 1. The summed E-state index contributed by atoms with van der Waals surface area (Å²) in [6.45, 7) is 5.70. The van der Waals surface area contributed by atoms with Gasteiger partial charge < -0.3 is 0 Å². The Morgan fingerprint density at radius 2 is 2.17 bits per heavy atom. The second-order valence-electron chi connectivity index (χ2n) is 5.50. The van der Waals surface area contributed by atoms with Crippen LogP contribution in [0.1, 0.15) is 38.8 Å². The van der Waals surface area contributed by atoms with Gasteiger partial charge in [-0.3, -0.25) is 4.79 Å². The highest BCUT2D eigenvalue weighted by atomic mass is 35.5. The van der Waals surface area contributed by atoms with Crippen LogP contribution in [0.3, 0.4) is 0 Å². The van der Waals surface area contributed by atoms with Gasteiger partial charge in [0.2, 0.25) is 5.91 Å². The zero-order valence-corrected chi connectivity index (χ0v) is 11.6.